The van der Waals surface area contributed by atoms with Crippen molar-refractivity contribution in [1.82, 2.24) is 0 Å². The lowest BCUT2D eigenvalue weighted by atomic mass is 10.9. The van der Waals surface area contributed by atoms with Gasteiger partial charge >= 0.3 is 0 Å². The Morgan fingerprint density at radius 2 is 2.29 bits per heavy atom. The molecule has 0 aromatic heterocycles. The first-order valence-corrected chi connectivity index (χ1v) is 3.65. The lowest BCUT2D eigenvalue weighted by Gasteiger charge is -1.93. The molecule has 1 unspecified atom stereocenters. The SMILES string of the molecule is CSC(Cl)C(=O)Cl. The van der Waals surface area contributed by atoms with Crippen molar-refractivity contribution in [3.63, 3.8) is 0 Å². The molecule has 0 N–H and O–H groups in total. The van der Waals surface area contributed by atoms with Crippen molar-refractivity contribution in [3.8, 4) is 0 Å². The molecule has 1 nitrogen and oxygen atoms in total. The Kier molecular flexibility index (Phi) is 3.89. The average molecular weight is 159 g/mol. The van der Waals surface area contributed by atoms with Crippen LogP contribution in [0.1, 0.15) is 0 Å². The van der Waals surface area contributed by atoms with Crippen LogP contribution in [0.4, 0.5) is 0 Å². The third-order valence-electron chi connectivity index (χ3n) is 0.385. The lowest BCUT2D eigenvalue weighted by molar-refractivity contribution is -0.110. The van der Waals surface area contributed by atoms with Gasteiger partial charge in [0, 0.05) is 0 Å². The van der Waals surface area contributed by atoms with E-state index in [1.54, 1.807) is 6.26 Å². The highest BCUT2D eigenvalue weighted by atomic mass is 35.5. The van der Waals surface area contributed by atoms with Gasteiger partial charge in [-0.05, 0) is 17.9 Å². The third kappa shape index (κ3) is 3.21. The average Bonchev–Trinajstić information content (AvgIpc) is 1.65. The second-order valence-electron chi connectivity index (χ2n) is 0.856. The molecule has 0 fully saturated rings. The smallest absolute Gasteiger partial charge is 0.249 e. The predicted octanol–water partition coefficient (Wildman–Crippen LogP) is 1.68. The zero-order valence-corrected chi connectivity index (χ0v) is 5.98. The molecule has 0 aliphatic heterocycles. The van der Waals surface area contributed by atoms with Crippen LogP contribution < -0.4 is 0 Å². The molecule has 0 saturated carbocycles. The number of hydrogen-bond donors (Lipinski definition) is 0. The van der Waals surface area contributed by atoms with Gasteiger partial charge in [-0.1, -0.05) is 0 Å². The van der Waals surface area contributed by atoms with E-state index in [1.807, 2.05) is 0 Å². The molecule has 0 aliphatic rings. The van der Waals surface area contributed by atoms with Crippen LogP contribution in [-0.4, -0.2) is 16.2 Å². The molecule has 0 spiro atoms. The van der Waals surface area contributed by atoms with Crippen molar-refractivity contribution < 1.29 is 4.79 Å². The number of carbonyl (C=O) groups excluding carboxylic acids is 1. The van der Waals surface area contributed by atoms with Crippen LogP contribution in [0.5, 0.6) is 0 Å². The Balaban J connectivity index is 3.34. The highest BCUT2D eigenvalue weighted by Gasteiger charge is 2.07. The van der Waals surface area contributed by atoms with Crippen molar-refractivity contribution in [2.24, 2.45) is 0 Å². The first kappa shape index (κ1) is 7.60. The molecule has 0 bridgehead atoms. The molecule has 1 atom stereocenters. The molecule has 7 heavy (non-hydrogen) atoms. The van der Waals surface area contributed by atoms with E-state index >= 15 is 0 Å². The number of alkyl halides is 1. The Bertz CT molecular complexity index is 75.3. The van der Waals surface area contributed by atoms with Gasteiger partial charge in [0.15, 0.2) is 4.71 Å². The van der Waals surface area contributed by atoms with Crippen molar-refractivity contribution >= 4 is 40.2 Å². The van der Waals surface area contributed by atoms with Crippen LogP contribution in [0.25, 0.3) is 0 Å². The number of rotatable bonds is 2. The summed E-state index contributed by atoms with van der Waals surface area (Å²) in [6.07, 6.45) is 1.72. The molecule has 4 heteroatoms. The van der Waals surface area contributed by atoms with Gasteiger partial charge in [-0.25, -0.2) is 0 Å². The summed E-state index contributed by atoms with van der Waals surface area (Å²) in [5, 5.41) is -0.505. The summed E-state index contributed by atoms with van der Waals surface area (Å²) >= 11 is 11.4. The number of carbonyl (C=O) groups is 1. The topological polar surface area (TPSA) is 17.1 Å². The van der Waals surface area contributed by atoms with Crippen LogP contribution in [0, 0.1) is 0 Å². The molecule has 0 aliphatic carbocycles. The van der Waals surface area contributed by atoms with Gasteiger partial charge in [0.2, 0.25) is 5.24 Å². The normalized spacial score (nSPS) is 13.6. The first-order valence-electron chi connectivity index (χ1n) is 1.54. The van der Waals surface area contributed by atoms with Gasteiger partial charge in [0.1, 0.15) is 0 Å². The summed E-state index contributed by atoms with van der Waals surface area (Å²) in [6, 6.07) is 0. The maximum Gasteiger partial charge on any atom is 0.249 e. The van der Waals surface area contributed by atoms with E-state index in [0.717, 1.165) is 0 Å². The minimum absolute atomic E-state index is 0.505. The standard InChI is InChI=1S/C3H4Cl2OS/c1-7-3(5)2(4)6/h3H,1H3. The second kappa shape index (κ2) is 3.58. The van der Waals surface area contributed by atoms with Crippen LogP contribution in [-0.2, 0) is 4.79 Å². The van der Waals surface area contributed by atoms with Gasteiger partial charge in [-0.2, -0.15) is 0 Å². The quantitative estimate of drug-likeness (QED) is 0.450. The molecule has 42 valence electrons. The predicted molar refractivity (Wildman–Crippen MR) is 34.0 cm³/mol. The fraction of sp³-hybridized carbons (Fsp3) is 0.667. The summed E-state index contributed by atoms with van der Waals surface area (Å²) in [5.41, 5.74) is 0. The Morgan fingerprint density at radius 1 is 1.86 bits per heavy atom. The minimum Gasteiger partial charge on any atom is -0.279 e. The van der Waals surface area contributed by atoms with Crippen molar-refractivity contribution in [1.29, 1.82) is 0 Å². The van der Waals surface area contributed by atoms with Gasteiger partial charge in [0.05, 0.1) is 0 Å². The van der Waals surface area contributed by atoms with Crippen molar-refractivity contribution in [2.45, 2.75) is 4.71 Å². The second-order valence-corrected chi connectivity index (χ2v) is 2.87. The Hall–Kier alpha value is 0.600. The Labute approximate surface area is 56.4 Å². The number of hydrogen-bond acceptors (Lipinski definition) is 2. The van der Waals surface area contributed by atoms with E-state index in [4.69, 9.17) is 23.2 Å². The van der Waals surface area contributed by atoms with Crippen LogP contribution in [0.15, 0.2) is 0 Å². The summed E-state index contributed by atoms with van der Waals surface area (Å²) < 4.78 is -0.582. The van der Waals surface area contributed by atoms with E-state index in [9.17, 15) is 4.79 Å². The number of thioether (sulfide) groups is 1. The van der Waals surface area contributed by atoms with Crippen molar-refractivity contribution in [3.05, 3.63) is 0 Å². The molecule has 0 amide bonds. The molecule has 0 aromatic carbocycles. The molecule has 0 heterocycles. The highest BCUT2D eigenvalue weighted by molar-refractivity contribution is 8.01. The molecular formula is C3H4Cl2OS. The minimum atomic E-state index is -0.582. The van der Waals surface area contributed by atoms with Crippen LogP contribution >= 0.6 is 35.0 Å². The van der Waals surface area contributed by atoms with Gasteiger partial charge in [-0.15, -0.1) is 23.4 Å². The molecule has 0 saturated heterocycles. The molecule has 0 rings (SSSR count). The molecular weight excluding hydrogens is 155 g/mol. The maximum absolute atomic E-state index is 9.99. The van der Waals surface area contributed by atoms with Crippen LogP contribution in [0.2, 0.25) is 0 Å². The molecule has 0 radical (unpaired) electrons. The van der Waals surface area contributed by atoms with E-state index in [-0.39, 0.29) is 0 Å². The van der Waals surface area contributed by atoms with E-state index in [0.29, 0.717) is 0 Å². The Morgan fingerprint density at radius 3 is 2.29 bits per heavy atom. The fourth-order valence-electron chi connectivity index (χ4n) is 0.0927. The van der Waals surface area contributed by atoms with Gasteiger partial charge in [0.25, 0.3) is 0 Å². The monoisotopic (exact) mass is 158 g/mol. The molecule has 0 aromatic rings. The first-order chi connectivity index (χ1) is 3.18. The van der Waals surface area contributed by atoms with Crippen molar-refractivity contribution in [2.75, 3.05) is 6.26 Å². The zero-order chi connectivity index (χ0) is 5.86. The summed E-state index contributed by atoms with van der Waals surface area (Å²) in [4.78, 5) is 9.99. The third-order valence-corrected chi connectivity index (χ3v) is 2.21. The fourth-order valence-corrected chi connectivity index (χ4v) is 0.545. The largest absolute Gasteiger partial charge is 0.279 e. The maximum atomic E-state index is 9.99. The summed E-state index contributed by atoms with van der Waals surface area (Å²) in [6.45, 7) is 0. The van der Waals surface area contributed by atoms with Gasteiger partial charge in [-0.3, -0.25) is 4.79 Å². The van der Waals surface area contributed by atoms with E-state index < -0.39 is 9.95 Å². The van der Waals surface area contributed by atoms with E-state index in [2.05, 4.69) is 0 Å². The highest BCUT2D eigenvalue weighted by Crippen LogP contribution is 2.13. The zero-order valence-electron chi connectivity index (χ0n) is 3.65. The van der Waals surface area contributed by atoms with Gasteiger partial charge < -0.3 is 0 Å². The van der Waals surface area contributed by atoms with E-state index in [1.165, 1.54) is 11.8 Å². The number of halogens is 2. The lowest BCUT2D eigenvalue weighted by Crippen LogP contribution is -1.99. The summed E-state index contributed by atoms with van der Waals surface area (Å²) in [5.74, 6) is 0. The van der Waals surface area contributed by atoms with Crippen LogP contribution in [0.3, 0.4) is 0 Å². The summed E-state index contributed by atoms with van der Waals surface area (Å²) in [7, 11) is 0.